The molecule has 4 amide bonds. The Bertz CT molecular complexity index is 1250. The molecule has 0 aromatic heterocycles. The summed E-state index contributed by atoms with van der Waals surface area (Å²) in [6, 6.07) is 3.91. The average molecular weight is 753 g/mol. The molecule has 250 valence electrons. The minimum Gasteiger partial charge on any atom is -0.442 e. The van der Waals surface area contributed by atoms with E-state index in [4.69, 9.17) is 50.6 Å². The summed E-state index contributed by atoms with van der Waals surface area (Å²) >= 11 is 20.6. The monoisotopic (exact) mass is 750 g/mol. The summed E-state index contributed by atoms with van der Waals surface area (Å²) in [6.45, 7) is 8.19. The lowest BCUT2D eigenvalue weighted by Gasteiger charge is -2.36. The number of primary amides is 1. The Morgan fingerprint density at radius 3 is 2.20 bits per heavy atom. The Morgan fingerprint density at radius 1 is 1.04 bits per heavy atom. The summed E-state index contributed by atoms with van der Waals surface area (Å²) in [5, 5.41) is 14.0. The van der Waals surface area contributed by atoms with Crippen molar-refractivity contribution in [2.45, 2.75) is 70.7 Å². The van der Waals surface area contributed by atoms with Crippen LogP contribution in [0, 0.1) is 5.92 Å². The van der Waals surface area contributed by atoms with Gasteiger partial charge in [0, 0.05) is 41.3 Å². The Labute approximate surface area is 287 Å². The number of nitrogens with two attached hydrogens (primary N) is 1. The SMILES string of the molecule is CC(C)CC(NC(=O)C1=CC(NC(=S)Nc2ccc(C(C)C)cc2Br)C(OC(=O)NCCCl)C(OC(=O)NCCCl)C1)C(N)=O. The third-order valence-electron chi connectivity index (χ3n) is 6.60. The standard InChI is InChI=1S/C29H41BrCl2N6O6S/c1-15(2)11-22(25(33)39)36-26(40)18-13-21(38-27(45)37-20-6-5-17(16(3)4)12-19(20)30)24(44-29(42)35-10-8-32)23(14-18)43-28(41)34-9-7-31/h5-6,12-13,15-16,21-24H,7-11,14H2,1-4H3,(H2,33,39)(H,34,41)(H,35,42)(H,36,40)(H2,37,38,45). The van der Waals surface area contributed by atoms with E-state index in [1.54, 1.807) is 0 Å². The number of carbonyl (C=O) groups excluding carboxylic acids is 4. The fraction of sp³-hybridized carbons (Fsp3) is 0.552. The molecular formula is C29H41BrCl2N6O6S. The number of alkyl halides is 2. The van der Waals surface area contributed by atoms with Crippen LogP contribution in [0.3, 0.4) is 0 Å². The van der Waals surface area contributed by atoms with Crippen molar-refractivity contribution in [1.82, 2.24) is 21.3 Å². The molecule has 45 heavy (non-hydrogen) atoms. The quantitative estimate of drug-likeness (QED) is 0.120. The molecule has 0 spiro atoms. The van der Waals surface area contributed by atoms with Crippen molar-refractivity contribution in [1.29, 1.82) is 0 Å². The maximum atomic E-state index is 13.4. The van der Waals surface area contributed by atoms with Gasteiger partial charge in [-0.25, -0.2) is 9.59 Å². The van der Waals surface area contributed by atoms with Crippen molar-refractivity contribution in [3.63, 3.8) is 0 Å². The Balaban J connectivity index is 2.45. The smallest absolute Gasteiger partial charge is 0.407 e. The molecule has 2 rings (SSSR count). The van der Waals surface area contributed by atoms with Gasteiger partial charge in [0.05, 0.1) is 11.7 Å². The zero-order valence-corrected chi connectivity index (χ0v) is 29.5. The van der Waals surface area contributed by atoms with Crippen LogP contribution in [0.15, 0.2) is 34.3 Å². The second-order valence-corrected chi connectivity index (χ2v) is 13.0. The molecule has 0 heterocycles. The zero-order chi connectivity index (χ0) is 33.7. The van der Waals surface area contributed by atoms with Gasteiger partial charge in [0.2, 0.25) is 11.8 Å². The van der Waals surface area contributed by atoms with Gasteiger partial charge >= 0.3 is 12.2 Å². The molecular weight excluding hydrogens is 711 g/mol. The van der Waals surface area contributed by atoms with Crippen LogP contribution >= 0.6 is 51.3 Å². The first kappa shape index (κ1) is 38.4. The molecule has 0 saturated heterocycles. The Hall–Kier alpha value is -2.81. The van der Waals surface area contributed by atoms with Gasteiger partial charge in [-0.2, -0.15) is 0 Å². The maximum Gasteiger partial charge on any atom is 0.407 e. The van der Waals surface area contributed by atoms with Crippen molar-refractivity contribution in [3.05, 3.63) is 39.9 Å². The van der Waals surface area contributed by atoms with E-state index in [1.165, 1.54) is 6.08 Å². The molecule has 0 saturated carbocycles. The van der Waals surface area contributed by atoms with E-state index in [-0.39, 0.29) is 47.9 Å². The molecule has 7 N–H and O–H groups in total. The molecule has 1 aliphatic carbocycles. The summed E-state index contributed by atoms with van der Waals surface area (Å²) in [7, 11) is 0. The lowest BCUT2D eigenvalue weighted by atomic mass is 9.89. The van der Waals surface area contributed by atoms with Crippen molar-refractivity contribution < 1.29 is 28.7 Å². The number of hydrogen-bond donors (Lipinski definition) is 6. The fourth-order valence-corrected chi connectivity index (χ4v) is 5.34. The predicted molar refractivity (Wildman–Crippen MR) is 183 cm³/mol. The van der Waals surface area contributed by atoms with E-state index in [2.05, 4.69) is 56.4 Å². The van der Waals surface area contributed by atoms with Crippen LogP contribution in [0.5, 0.6) is 0 Å². The molecule has 12 nitrogen and oxygen atoms in total. The Morgan fingerprint density at radius 2 is 1.67 bits per heavy atom. The topological polar surface area (TPSA) is 173 Å². The van der Waals surface area contributed by atoms with Crippen LogP contribution in [-0.2, 0) is 19.1 Å². The number of halogens is 3. The first-order chi connectivity index (χ1) is 21.2. The molecule has 1 aromatic rings. The molecule has 0 aliphatic heterocycles. The van der Waals surface area contributed by atoms with Crippen LogP contribution < -0.4 is 32.3 Å². The third kappa shape index (κ3) is 12.8. The summed E-state index contributed by atoms with van der Waals surface area (Å²) in [5.74, 6) is -0.627. The number of anilines is 1. The van der Waals surface area contributed by atoms with E-state index in [1.807, 2.05) is 32.0 Å². The summed E-state index contributed by atoms with van der Waals surface area (Å²) in [6.07, 6.45) is -2.26. The van der Waals surface area contributed by atoms with E-state index in [0.717, 1.165) is 10.0 Å². The number of carbonyl (C=O) groups is 4. The van der Waals surface area contributed by atoms with Crippen molar-refractivity contribution in [2.24, 2.45) is 11.7 Å². The van der Waals surface area contributed by atoms with E-state index < -0.39 is 48.3 Å². The molecule has 0 bridgehead atoms. The fourth-order valence-electron chi connectivity index (χ4n) is 4.41. The summed E-state index contributed by atoms with van der Waals surface area (Å²) in [5.41, 5.74) is 7.49. The lowest BCUT2D eigenvalue weighted by molar-refractivity contribution is -0.126. The minimum atomic E-state index is -1.15. The highest BCUT2D eigenvalue weighted by Gasteiger charge is 2.41. The van der Waals surface area contributed by atoms with Crippen molar-refractivity contribution in [3.8, 4) is 0 Å². The summed E-state index contributed by atoms with van der Waals surface area (Å²) < 4.78 is 12.1. The second kappa shape index (κ2) is 19.0. The van der Waals surface area contributed by atoms with E-state index in [9.17, 15) is 19.2 Å². The van der Waals surface area contributed by atoms with Gasteiger partial charge in [0.1, 0.15) is 12.1 Å². The van der Waals surface area contributed by atoms with Gasteiger partial charge in [0.15, 0.2) is 11.2 Å². The maximum absolute atomic E-state index is 13.4. The van der Waals surface area contributed by atoms with Crippen LogP contribution in [0.25, 0.3) is 0 Å². The van der Waals surface area contributed by atoms with Gasteiger partial charge < -0.3 is 41.8 Å². The first-order valence-electron chi connectivity index (χ1n) is 14.4. The van der Waals surface area contributed by atoms with Crippen LogP contribution in [0.2, 0.25) is 0 Å². The van der Waals surface area contributed by atoms with Crippen molar-refractivity contribution >= 4 is 86.2 Å². The Kier molecular flexibility index (Phi) is 16.2. The highest BCUT2D eigenvalue weighted by molar-refractivity contribution is 9.10. The number of benzene rings is 1. The molecule has 4 atom stereocenters. The lowest BCUT2D eigenvalue weighted by Crippen LogP contribution is -2.56. The van der Waals surface area contributed by atoms with Gasteiger partial charge in [0.25, 0.3) is 0 Å². The van der Waals surface area contributed by atoms with Crippen LogP contribution in [0.1, 0.15) is 52.0 Å². The molecule has 16 heteroatoms. The zero-order valence-electron chi connectivity index (χ0n) is 25.6. The first-order valence-corrected chi connectivity index (χ1v) is 16.7. The number of nitrogens with one attached hydrogen (secondary N) is 5. The minimum absolute atomic E-state index is 0.0703. The average Bonchev–Trinajstić information content (AvgIpc) is 2.96. The largest absolute Gasteiger partial charge is 0.442 e. The number of ether oxygens (including phenoxy) is 2. The molecule has 0 fully saturated rings. The van der Waals surface area contributed by atoms with E-state index >= 15 is 0 Å². The molecule has 1 aromatic carbocycles. The van der Waals surface area contributed by atoms with Gasteiger partial charge in [-0.1, -0.05) is 33.8 Å². The van der Waals surface area contributed by atoms with E-state index in [0.29, 0.717) is 18.0 Å². The number of amides is 4. The highest BCUT2D eigenvalue weighted by Crippen LogP contribution is 2.28. The van der Waals surface area contributed by atoms with Crippen molar-refractivity contribution in [2.75, 3.05) is 30.2 Å². The van der Waals surface area contributed by atoms with Crippen LogP contribution in [-0.4, -0.2) is 78.3 Å². The van der Waals surface area contributed by atoms with Crippen LogP contribution in [0.4, 0.5) is 15.3 Å². The number of hydrogen-bond acceptors (Lipinski definition) is 7. The predicted octanol–water partition coefficient (Wildman–Crippen LogP) is 4.24. The molecule has 4 unspecified atom stereocenters. The molecule has 1 aliphatic rings. The number of rotatable bonds is 14. The summed E-state index contributed by atoms with van der Waals surface area (Å²) in [4.78, 5) is 50.8. The number of alkyl carbamates (subject to hydrolysis) is 2. The highest BCUT2D eigenvalue weighted by atomic mass is 79.9. The molecule has 0 radical (unpaired) electrons. The number of thiocarbonyl (C=S) groups is 1. The normalized spacial score (nSPS) is 18.3. The van der Waals surface area contributed by atoms with Gasteiger partial charge in [-0.15, -0.1) is 23.2 Å². The van der Waals surface area contributed by atoms with Gasteiger partial charge in [-0.3, -0.25) is 9.59 Å². The van der Waals surface area contributed by atoms with Gasteiger partial charge in [-0.05, 0) is 70.2 Å². The second-order valence-electron chi connectivity index (χ2n) is 11.0. The third-order valence-corrected chi connectivity index (χ3v) is 7.86.